The third-order valence-corrected chi connectivity index (χ3v) is 11.8. The summed E-state index contributed by atoms with van der Waals surface area (Å²) in [6, 6.07) is 76.0. The van der Waals surface area contributed by atoms with Gasteiger partial charge < -0.3 is 0 Å². The number of fused-ring (bicyclic) bond motifs is 6. The molecule has 1 spiro atoms. The second kappa shape index (κ2) is 14.5. The number of rotatable bonds is 2. The van der Waals surface area contributed by atoms with Crippen LogP contribution in [-0.4, -0.2) is 0 Å². The molecule has 0 amide bonds. The molecule has 0 aliphatic heterocycles. The lowest BCUT2D eigenvalue weighted by Gasteiger charge is -2.33. The first-order valence-electron chi connectivity index (χ1n) is 19.9. The molecule has 4 bridgehead atoms. The lowest BCUT2D eigenvalue weighted by molar-refractivity contribution is 0.768. The van der Waals surface area contributed by atoms with Gasteiger partial charge in [0.1, 0.15) is 0 Å². The molecule has 8 aromatic rings. The Morgan fingerprint density at radius 2 is 0.527 bits per heavy atom. The van der Waals surface area contributed by atoms with Gasteiger partial charge in [0.2, 0.25) is 0 Å². The Morgan fingerprint density at radius 3 is 0.818 bits per heavy atom. The Hall–Kier alpha value is -6.24. The zero-order valence-electron chi connectivity index (χ0n) is 31.8. The van der Waals surface area contributed by atoms with Crippen molar-refractivity contribution in [3.8, 4) is 22.3 Å². The lowest BCUT2D eigenvalue weighted by Crippen LogP contribution is -2.28. The van der Waals surface area contributed by atoms with Gasteiger partial charge in [-0.05, 0) is 90.7 Å². The number of aryl methyl sites for hydroxylation is 2. The molecule has 0 radical (unpaired) electrons. The van der Waals surface area contributed by atoms with E-state index in [2.05, 4.69) is 220 Å². The second-order valence-corrected chi connectivity index (χ2v) is 15.0. The van der Waals surface area contributed by atoms with Crippen LogP contribution in [0.1, 0.15) is 75.9 Å². The predicted molar refractivity (Wildman–Crippen MR) is 231 cm³/mol. The summed E-state index contributed by atoms with van der Waals surface area (Å²) in [6.45, 7) is 4.25. The predicted octanol–water partition coefficient (Wildman–Crippen LogP) is 13.6. The molecule has 0 aromatic heterocycles. The monoisotopic (exact) mass is 706 g/mol. The van der Waals surface area contributed by atoms with E-state index in [1.807, 2.05) is 0 Å². The summed E-state index contributed by atoms with van der Waals surface area (Å²) in [5.74, 6) is 0. The van der Waals surface area contributed by atoms with Crippen molar-refractivity contribution < 1.29 is 0 Å². The molecular weight excluding hydrogens is 661 g/mol. The summed E-state index contributed by atoms with van der Waals surface area (Å²) in [7, 11) is 0. The average Bonchev–Trinajstić information content (AvgIpc) is 3.71. The van der Waals surface area contributed by atoms with Crippen LogP contribution in [0.3, 0.4) is 0 Å². The molecule has 0 N–H and O–H groups in total. The maximum absolute atomic E-state index is 2.35. The van der Waals surface area contributed by atoms with E-state index in [4.69, 9.17) is 0 Å². The minimum atomic E-state index is -0.254. The molecule has 0 unspecified atom stereocenters. The van der Waals surface area contributed by atoms with Gasteiger partial charge in [0.25, 0.3) is 0 Å². The normalized spacial score (nSPS) is 14.2. The van der Waals surface area contributed by atoms with Crippen molar-refractivity contribution in [2.45, 2.75) is 43.9 Å². The SMILES string of the molecule is CCC.c1ccc(C2(c3ccccc3)c3ccccc3-c3ccccc32)cc1.c1ccc2c(c1)-c1ccccc1C21c2ccc(cc2)CCc2ccc1cc2. The van der Waals surface area contributed by atoms with E-state index in [1.165, 1.54) is 84.3 Å². The van der Waals surface area contributed by atoms with Crippen LogP contribution in [-0.2, 0) is 23.7 Å². The first-order chi connectivity index (χ1) is 27.2. The van der Waals surface area contributed by atoms with E-state index in [0.29, 0.717) is 0 Å². The molecule has 0 nitrogen and oxygen atoms in total. The van der Waals surface area contributed by atoms with E-state index >= 15 is 0 Å². The largest absolute Gasteiger partial charge is 0.0713 e. The van der Waals surface area contributed by atoms with Crippen LogP contribution < -0.4 is 0 Å². The van der Waals surface area contributed by atoms with Crippen molar-refractivity contribution in [1.29, 1.82) is 0 Å². The fraction of sp³-hybridized carbons (Fsp3) is 0.127. The Balaban J connectivity index is 0.000000135. The zero-order chi connectivity index (χ0) is 37.2. The molecule has 266 valence electrons. The highest BCUT2D eigenvalue weighted by Crippen LogP contribution is 2.57. The standard InChI is InChI=1S/C27H20.C25H18.C3H8/c1-3-7-25-23(5-1)24-6-2-4-8-26(24)27(25)21-15-11-19(12-16-21)9-10-20-13-17-22(27)18-14-20;1-3-11-19(12-4-1)25(20-13-5-2-6-14-20)23-17-9-7-15-21(23)22-16-8-10-18-24(22)25;1-3-2/h1-8,11-18H,9-10H2;1-18H;3H2,1-2H3. The first-order valence-corrected chi connectivity index (χ1v) is 19.9. The first kappa shape index (κ1) is 34.5. The smallest absolute Gasteiger partial charge is 0.0656 e. The van der Waals surface area contributed by atoms with E-state index in [0.717, 1.165) is 12.8 Å². The maximum Gasteiger partial charge on any atom is 0.0713 e. The minimum Gasteiger partial charge on any atom is -0.0656 e. The van der Waals surface area contributed by atoms with Crippen LogP contribution >= 0.6 is 0 Å². The van der Waals surface area contributed by atoms with Gasteiger partial charge in [-0.3, -0.25) is 0 Å². The molecule has 0 saturated heterocycles. The van der Waals surface area contributed by atoms with Gasteiger partial charge in [-0.2, -0.15) is 0 Å². The quantitative estimate of drug-likeness (QED) is 0.168. The minimum absolute atomic E-state index is 0.241. The van der Waals surface area contributed by atoms with Gasteiger partial charge in [0, 0.05) is 0 Å². The van der Waals surface area contributed by atoms with Crippen molar-refractivity contribution in [3.05, 3.63) is 262 Å². The lowest BCUT2D eigenvalue weighted by atomic mass is 9.67. The molecule has 0 saturated carbocycles. The average molecular weight is 707 g/mol. The van der Waals surface area contributed by atoms with Crippen LogP contribution in [0.5, 0.6) is 0 Å². The molecule has 8 aromatic carbocycles. The van der Waals surface area contributed by atoms with Crippen molar-refractivity contribution in [3.63, 3.8) is 0 Å². The molecule has 55 heavy (non-hydrogen) atoms. The van der Waals surface area contributed by atoms with Crippen LogP contribution in [0, 0.1) is 0 Å². The Kier molecular flexibility index (Phi) is 9.12. The Labute approximate surface area is 326 Å². The second-order valence-electron chi connectivity index (χ2n) is 15.0. The van der Waals surface area contributed by atoms with Crippen LogP contribution in [0.4, 0.5) is 0 Å². The maximum atomic E-state index is 2.35. The summed E-state index contributed by atoms with van der Waals surface area (Å²) in [4.78, 5) is 0. The van der Waals surface area contributed by atoms with Gasteiger partial charge in [0.05, 0.1) is 10.8 Å². The Bertz CT molecular complexity index is 2380. The van der Waals surface area contributed by atoms with E-state index in [1.54, 1.807) is 0 Å². The third-order valence-electron chi connectivity index (χ3n) is 11.8. The summed E-state index contributed by atoms with van der Waals surface area (Å²) in [5.41, 5.74) is 18.6. The van der Waals surface area contributed by atoms with Crippen LogP contribution in [0.25, 0.3) is 22.3 Å². The highest BCUT2D eigenvalue weighted by Gasteiger charge is 2.47. The van der Waals surface area contributed by atoms with E-state index < -0.39 is 0 Å². The van der Waals surface area contributed by atoms with Gasteiger partial charge in [0.15, 0.2) is 0 Å². The molecule has 0 fully saturated rings. The van der Waals surface area contributed by atoms with Gasteiger partial charge in [-0.15, -0.1) is 0 Å². The number of benzene rings is 8. The van der Waals surface area contributed by atoms with Crippen LogP contribution in [0.2, 0.25) is 0 Å². The Morgan fingerprint density at radius 1 is 0.291 bits per heavy atom. The highest BCUT2D eigenvalue weighted by molar-refractivity contribution is 5.87. The fourth-order valence-corrected chi connectivity index (χ4v) is 9.56. The van der Waals surface area contributed by atoms with Gasteiger partial charge >= 0.3 is 0 Å². The number of hydrogen-bond donors (Lipinski definition) is 0. The molecule has 0 atom stereocenters. The van der Waals surface area contributed by atoms with Crippen LogP contribution in [0.15, 0.2) is 206 Å². The van der Waals surface area contributed by atoms with Gasteiger partial charge in [-0.25, -0.2) is 0 Å². The molecular formula is C55H46. The fourth-order valence-electron chi connectivity index (χ4n) is 9.56. The molecule has 0 heteroatoms. The zero-order valence-corrected chi connectivity index (χ0v) is 31.8. The van der Waals surface area contributed by atoms with Crippen molar-refractivity contribution in [2.24, 2.45) is 0 Å². The summed E-state index contributed by atoms with van der Waals surface area (Å²) < 4.78 is 0. The summed E-state index contributed by atoms with van der Waals surface area (Å²) in [6.07, 6.45) is 3.44. The number of hydrogen-bond acceptors (Lipinski definition) is 0. The van der Waals surface area contributed by atoms with Crippen molar-refractivity contribution >= 4 is 0 Å². The highest BCUT2D eigenvalue weighted by atomic mass is 14.5. The third kappa shape index (κ3) is 5.51. The van der Waals surface area contributed by atoms with E-state index in [9.17, 15) is 0 Å². The molecule has 0 heterocycles. The van der Waals surface area contributed by atoms with E-state index in [-0.39, 0.29) is 10.8 Å². The van der Waals surface area contributed by atoms with Crippen molar-refractivity contribution in [2.75, 3.05) is 0 Å². The summed E-state index contributed by atoms with van der Waals surface area (Å²) in [5, 5.41) is 0. The topological polar surface area (TPSA) is 0 Å². The van der Waals surface area contributed by atoms with Gasteiger partial charge in [-0.1, -0.05) is 227 Å². The molecule has 6 aliphatic rings. The molecule has 6 aliphatic carbocycles. The summed E-state index contributed by atoms with van der Waals surface area (Å²) >= 11 is 0. The van der Waals surface area contributed by atoms with Crippen molar-refractivity contribution in [1.82, 2.24) is 0 Å². The molecule has 14 rings (SSSR count).